The van der Waals surface area contributed by atoms with Crippen molar-refractivity contribution in [1.29, 1.82) is 0 Å². The van der Waals surface area contributed by atoms with E-state index in [4.69, 9.17) is 9.98 Å². The molecule has 0 bridgehead atoms. The van der Waals surface area contributed by atoms with Crippen molar-refractivity contribution in [2.75, 3.05) is 0 Å². The molecule has 3 aromatic heterocycles. The molecule has 210 valence electrons. The predicted octanol–water partition coefficient (Wildman–Crippen LogP) is 9.87. The quantitative estimate of drug-likeness (QED) is 0.187. The summed E-state index contributed by atoms with van der Waals surface area (Å²) in [5, 5.41) is 7.70. The van der Waals surface area contributed by atoms with Crippen molar-refractivity contribution in [2.24, 2.45) is 9.98 Å². The molecule has 0 saturated heterocycles. The first-order valence-corrected chi connectivity index (χ1v) is 16.3. The summed E-state index contributed by atoms with van der Waals surface area (Å²) in [6, 6.07) is 48.2. The molecule has 4 nitrogen and oxygen atoms in total. The molecule has 0 radical (unpaired) electrons. The third kappa shape index (κ3) is 3.03. The summed E-state index contributed by atoms with van der Waals surface area (Å²) in [6.45, 7) is 0. The van der Waals surface area contributed by atoms with Gasteiger partial charge < -0.3 is 4.40 Å². The van der Waals surface area contributed by atoms with Crippen LogP contribution in [0.5, 0.6) is 0 Å². The Bertz CT molecular complexity index is 2750. The number of hydrogen-bond donors (Lipinski definition) is 0. The number of amidine groups is 1. The summed E-state index contributed by atoms with van der Waals surface area (Å²) in [4.78, 5) is 12.1. The van der Waals surface area contributed by atoms with E-state index in [1.54, 1.807) is 0 Å². The highest BCUT2D eigenvalue weighted by molar-refractivity contribution is 8.01. The van der Waals surface area contributed by atoms with E-state index >= 15 is 0 Å². The zero-order valence-electron chi connectivity index (χ0n) is 24.1. The Kier molecular flexibility index (Phi) is 4.59. The lowest BCUT2D eigenvalue weighted by molar-refractivity contribution is 0.761. The van der Waals surface area contributed by atoms with E-state index in [9.17, 15) is 0 Å². The summed E-state index contributed by atoms with van der Waals surface area (Å²) < 4.78 is 4.96. The second-order valence-corrected chi connectivity index (χ2v) is 13.3. The van der Waals surface area contributed by atoms with Crippen molar-refractivity contribution in [3.05, 3.63) is 145 Å². The van der Waals surface area contributed by atoms with Crippen LogP contribution >= 0.6 is 11.8 Å². The Labute approximate surface area is 262 Å². The molecule has 9 aromatic rings. The lowest BCUT2D eigenvalue weighted by Gasteiger charge is -2.26. The van der Waals surface area contributed by atoms with Crippen molar-refractivity contribution in [3.8, 4) is 0 Å². The van der Waals surface area contributed by atoms with Gasteiger partial charge >= 0.3 is 0 Å². The molecule has 0 N–H and O–H groups in total. The highest BCUT2D eigenvalue weighted by Crippen LogP contribution is 2.51. The fraction of sp³-hybridized carbons (Fsp3) is 0.0500. The normalized spacial score (nSPS) is 18.0. The molecule has 2 aliphatic heterocycles. The third-order valence-electron chi connectivity index (χ3n) is 9.78. The number of aliphatic imine (C=N–C) groups is 2. The van der Waals surface area contributed by atoms with E-state index in [0.29, 0.717) is 0 Å². The first kappa shape index (κ1) is 24.0. The molecule has 11 rings (SSSR count). The van der Waals surface area contributed by atoms with Gasteiger partial charge in [-0.25, -0.2) is 4.99 Å². The molecule has 2 atom stereocenters. The van der Waals surface area contributed by atoms with Crippen LogP contribution in [0.3, 0.4) is 0 Å². The van der Waals surface area contributed by atoms with E-state index in [2.05, 4.69) is 142 Å². The molecule has 0 aliphatic carbocycles. The minimum absolute atomic E-state index is 0.0128. The maximum atomic E-state index is 5.49. The molecule has 5 heteroatoms. The number of benzene rings is 6. The van der Waals surface area contributed by atoms with E-state index in [0.717, 1.165) is 17.2 Å². The Balaban J connectivity index is 1.33. The van der Waals surface area contributed by atoms with Crippen LogP contribution in [-0.2, 0) is 0 Å². The average Bonchev–Trinajstić information content (AvgIpc) is 3.83. The highest BCUT2D eigenvalue weighted by Gasteiger charge is 2.41. The van der Waals surface area contributed by atoms with Gasteiger partial charge in [0.05, 0.1) is 38.9 Å². The first-order valence-electron chi connectivity index (χ1n) is 15.4. The van der Waals surface area contributed by atoms with Crippen LogP contribution in [0.25, 0.3) is 59.9 Å². The minimum Gasteiger partial charge on any atom is -0.308 e. The molecule has 6 aromatic carbocycles. The molecule has 5 heterocycles. The summed E-state index contributed by atoms with van der Waals surface area (Å²) >= 11 is 1.90. The van der Waals surface area contributed by atoms with Gasteiger partial charge in [0, 0.05) is 42.8 Å². The SMILES string of the molecule is c1ccc(C2=NC3c4ccccc4SC3C(n3c4ccccc4c4cc5c6ccccc6n6c7ccccc7c(c43)c56)=N2)cc1. The van der Waals surface area contributed by atoms with Gasteiger partial charge in [0.25, 0.3) is 0 Å². The van der Waals surface area contributed by atoms with Gasteiger partial charge in [-0.2, -0.15) is 0 Å². The topological polar surface area (TPSA) is 34.1 Å². The van der Waals surface area contributed by atoms with Crippen molar-refractivity contribution in [3.63, 3.8) is 0 Å². The van der Waals surface area contributed by atoms with Crippen LogP contribution < -0.4 is 0 Å². The van der Waals surface area contributed by atoms with Gasteiger partial charge in [-0.1, -0.05) is 103 Å². The van der Waals surface area contributed by atoms with E-state index in [1.165, 1.54) is 70.4 Å². The Morgan fingerprint density at radius 1 is 0.556 bits per heavy atom. The van der Waals surface area contributed by atoms with Crippen molar-refractivity contribution >= 4 is 83.3 Å². The Morgan fingerprint density at radius 2 is 1.18 bits per heavy atom. The lowest BCUT2D eigenvalue weighted by atomic mass is 10.0. The molecular weight excluding hydrogens is 569 g/mol. The van der Waals surface area contributed by atoms with E-state index in [1.807, 2.05) is 11.8 Å². The molecule has 45 heavy (non-hydrogen) atoms. The lowest BCUT2D eigenvalue weighted by Crippen LogP contribution is -2.32. The molecule has 2 aliphatic rings. The zero-order valence-corrected chi connectivity index (χ0v) is 24.9. The minimum atomic E-state index is -0.0128. The van der Waals surface area contributed by atoms with Crippen molar-refractivity contribution < 1.29 is 0 Å². The van der Waals surface area contributed by atoms with Gasteiger partial charge in [0.15, 0.2) is 5.84 Å². The standard InChI is InChI=1S/C40H24N4S/c1-2-12-23(13-3-1)39-41-35-27-17-7-11-21-33(27)45-38(35)40(42-39)44-31-19-9-5-15-25(31)29-22-28-24-14-4-8-18-30(24)43-32-20-10-6-16-26(32)34(36(28)43)37(29)44/h1-22,35,38H. The highest BCUT2D eigenvalue weighted by atomic mass is 32.2. The van der Waals surface area contributed by atoms with E-state index < -0.39 is 0 Å². The second-order valence-electron chi connectivity index (χ2n) is 12.1. The van der Waals surface area contributed by atoms with Crippen molar-refractivity contribution in [2.45, 2.75) is 16.2 Å². The zero-order chi connectivity index (χ0) is 29.2. The van der Waals surface area contributed by atoms with Gasteiger partial charge in [-0.3, -0.25) is 9.56 Å². The van der Waals surface area contributed by atoms with Gasteiger partial charge in [0.2, 0.25) is 0 Å². The molecule has 0 spiro atoms. The van der Waals surface area contributed by atoms with Gasteiger partial charge in [0.1, 0.15) is 5.84 Å². The predicted molar refractivity (Wildman–Crippen MR) is 189 cm³/mol. The maximum absolute atomic E-state index is 5.49. The first-order chi connectivity index (χ1) is 22.3. The summed E-state index contributed by atoms with van der Waals surface area (Å²) in [7, 11) is 0. The maximum Gasteiger partial charge on any atom is 0.157 e. The van der Waals surface area contributed by atoms with Crippen LogP contribution in [0.2, 0.25) is 0 Å². The molecule has 0 saturated carbocycles. The monoisotopic (exact) mass is 592 g/mol. The second kappa shape index (κ2) is 8.62. The number of rotatable bonds is 1. The number of thioether (sulfide) groups is 1. The number of aromatic nitrogens is 2. The fourth-order valence-corrected chi connectivity index (χ4v) is 9.31. The summed E-state index contributed by atoms with van der Waals surface area (Å²) in [6.07, 6.45) is 0. The van der Waals surface area contributed by atoms with Crippen LogP contribution in [0.4, 0.5) is 0 Å². The van der Waals surface area contributed by atoms with Crippen molar-refractivity contribution in [1.82, 2.24) is 8.97 Å². The summed E-state index contributed by atoms with van der Waals surface area (Å²) in [5.74, 6) is 1.84. The van der Waals surface area contributed by atoms with Gasteiger partial charge in [-0.15, -0.1) is 11.8 Å². The number of para-hydroxylation sites is 3. The molecule has 2 unspecified atom stereocenters. The Morgan fingerprint density at radius 3 is 2.00 bits per heavy atom. The third-order valence-corrected chi connectivity index (χ3v) is 11.1. The largest absolute Gasteiger partial charge is 0.308 e. The van der Waals surface area contributed by atoms with Crippen LogP contribution in [0.15, 0.2) is 148 Å². The van der Waals surface area contributed by atoms with E-state index in [-0.39, 0.29) is 11.3 Å². The summed E-state index contributed by atoms with van der Waals surface area (Å²) in [5.41, 5.74) is 8.49. The smallest absolute Gasteiger partial charge is 0.157 e. The molecular formula is C40H24N4S. The van der Waals surface area contributed by atoms with Crippen LogP contribution in [0, 0.1) is 0 Å². The number of fused-ring (bicyclic) bond motifs is 13. The Hall–Kier alpha value is -5.39. The van der Waals surface area contributed by atoms with Crippen LogP contribution in [0.1, 0.15) is 17.2 Å². The number of hydrogen-bond acceptors (Lipinski definition) is 3. The number of nitrogens with zero attached hydrogens (tertiary/aromatic N) is 4. The average molecular weight is 593 g/mol. The fourth-order valence-electron chi connectivity index (χ4n) is 7.96. The van der Waals surface area contributed by atoms with Crippen LogP contribution in [-0.4, -0.2) is 25.9 Å². The van der Waals surface area contributed by atoms with Gasteiger partial charge in [-0.05, 0) is 35.9 Å². The molecule has 0 amide bonds. The molecule has 0 fully saturated rings.